The zero-order valence-corrected chi connectivity index (χ0v) is 12.8. The minimum Gasteiger partial charge on any atom is -0.491 e. The lowest BCUT2D eigenvalue weighted by molar-refractivity contribution is -0.139. The number of amides is 1. The van der Waals surface area contributed by atoms with Crippen LogP contribution in [0.3, 0.4) is 0 Å². The number of carboxylic acids is 1. The first-order valence-corrected chi connectivity index (χ1v) is 7.24. The van der Waals surface area contributed by atoms with Gasteiger partial charge in [0.15, 0.2) is 0 Å². The molecule has 0 spiro atoms. The summed E-state index contributed by atoms with van der Waals surface area (Å²) in [4.78, 5) is 23.3. The van der Waals surface area contributed by atoms with Gasteiger partial charge >= 0.3 is 5.97 Å². The van der Waals surface area contributed by atoms with Crippen molar-refractivity contribution >= 4 is 11.9 Å². The number of ether oxygens (including phenoxy) is 1. The van der Waals surface area contributed by atoms with Gasteiger partial charge in [0.25, 0.3) is 5.91 Å². The molecule has 0 aliphatic rings. The lowest BCUT2D eigenvalue weighted by Crippen LogP contribution is -2.40. The Morgan fingerprint density at radius 2 is 2.05 bits per heavy atom. The van der Waals surface area contributed by atoms with Crippen molar-refractivity contribution in [1.82, 2.24) is 5.32 Å². The summed E-state index contributed by atoms with van der Waals surface area (Å²) in [6.07, 6.45) is 2.09. The first kappa shape index (κ1) is 17.0. The Kier molecular flexibility index (Phi) is 6.72. The van der Waals surface area contributed by atoms with Crippen molar-refractivity contribution in [3.8, 4) is 5.75 Å². The minimum absolute atomic E-state index is 0.0135. The second kappa shape index (κ2) is 8.29. The van der Waals surface area contributed by atoms with Gasteiger partial charge in [-0.25, -0.2) is 4.79 Å². The van der Waals surface area contributed by atoms with Crippen molar-refractivity contribution < 1.29 is 19.4 Å². The van der Waals surface area contributed by atoms with Crippen LogP contribution in [0.4, 0.5) is 0 Å². The Bertz CT molecular complexity index is 485. The van der Waals surface area contributed by atoms with E-state index in [2.05, 4.69) is 5.32 Å². The highest BCUT2D eigenvalue weighted by atomic mass is 16.5. The molecule has 0 saturated heterocycles. The van der Waals surface area contributed by atoms with E-state index in [1.807, 2.05) is 20.8 Å². The fraction of sp³-hybridized carbons (Fsp3) is 0.500. The normalized spacial score (nSPS) is 12.0. The van der Waals surface area contributed by atoms with E-state index < -0.39 is 17.9 Å². The van der Waals surface area contributed by atoms with Gasteiger partial charge in [-0.2, -0.15) is 0 Å². The van der Waals surface area contributed by atoms with Crippen LogP contribution in [0, 0.1) is 0 Å². The average Bonchev–Trinajstić information content (AvgIpc) is 2.42. The van der Waals surface area contributed by atoms with Crippen LogP contribution in [0.15, 0.2) is 24.3 Å². The number of nitrogens with one attached hydrogen (secondary N) is 1. The van der Waals surface area contributed by atoms with Crippen molar-refractivity contribution in [2.45, 2.75) is 52.2 Å². The van der Waals surface area contributed by atoms with E-state index in [4.69, 9.17) is 9.84 Å². The molecule has 0 bridgehead atoms. The second-order valence-electron chi connectivity index (χ2n) is 5.20. The predicted octanol–water partition coefficient (Wildman–Crippen LogP) is 2.85. The van der Waals surface area contributed by atoms with Gasteiger partial charge in [-0.05, 0) is 38.5 Å². The van der Waals surface area contributed by atoms with E-state index in [1.54, 1.807) is 24.3 Å². The molecule has 0 saturated carbocycles. The fourth-order valence-corrected chi connectivity index (χ4v) is 1.89. The summed E-state index contributed by atoms with van der Waals surface area (Å²) >= 11 is 0. The number of aliphatic carboxylic acids is 1. The van der Waals surface area contributed by atoms with Crippen molar-refractivity contribution in [1.29, 1.82) is 0 Å². The highest BCUT2D eigenvalue weighted by Gasteiger charge is 2.20. The maximum absolute atomic E-state index is 12.1. The molecule has 1 rings (SSSR count). The number of unbranched alkanes of at least 4 members (excludes halogenated alkanes) is 1. The van der Waals surface area contributed by atoms with Crippen LogP contribution in [0.1, 0.15) is 50.4 Å². The molecule has 0 fully saturated rings. The molecule has 0 aliphatic carbocycles. The van der Waals surface area contributed by atoms with Crippen LogP contribution in [0.25, 0.3) is 0 Å². The zero-order chi connectivity index (χ0) is 15.8. The third kappa shape index (κ3) is 5.85. The molecule has 2 N–H and O–H groups in total. The molecule has 116 valence electrons. The Balaban J connectivity index is 2.75. The number of carbonyl (C=O) groups excluding carboxylic acids is 1. The van der Waals surface area contributed by atoms with Gasteiger partial charge in [-0.15, -0.1) is 0 Å². The molecule has 1 amide bonds. The van der Waals surface area contributed by atoms with E-state index in [0.717, 1.165) is 12.8 Å². The molecular formula is C16H23NO4. The topological polar surface area (TPSA) is 75.6 Å². The molecule has 0 radical (unpaired) electrons. The van der Waals surface area contributed by atoms with Gasteiger partial charge in [0.1, 0.15) is 11.8 Å². The number of rotatable bonds is 8. The lowest BCUT2D eigenvalue weighted by atomic mass is 10.1. The maximum Gasteiger partial charge on any atom is 0.326 e. The molecule has 21 heavy (non-hydrogen) atoms. The Hall–Kier alpha value is -2.04. The van der Waals surface area contributed by atoms with Crippen LogP contribution in [0.5, 0.6) is 5.75 Å². The SMILES string of the molecule is CCCCC(NC(=O)c1cccc(OC(C)C)c1)C(=O)O. The van der Waals surface area contributed by atoms with E-state index >= 15 is 0 Å². The smallest absolute Gasteiger partial charge is 0.326 e. The van der Waals surface area contributed by atoms with Gasteiger partial charge in [0.05, 0.1) is 6.10 Å². The van der Waals surface area contributed by atoms with Crippen LogP contribution in [-0.4, -0.2) is 29.1 Å². The number of hydrogen-bond acceptors (Lipinski definition) is 3. The number of hydrogen-bond donors (Lipinski definition) is 2. The lowest BCUT2D eigenvalue weighted by Gasteiger charge is -2.15. The molecule has 5 heteroatoms. The molecule has 1 aromatic carbocycles. The van der Waals surface area contributed by atoms with Crippen molar-refractivity contribution in [2.24, 2.45) is 0 Å². The van der Waals surface area contributed by atoms with Crippen LogP contribution in [0.2, 0.25) is 0 Å². The first-order valence-electron chi connectivity index (χ1n) is 7.24. The Morgan fingerprint density at radius 1 is 1.33 bits per heavy atom. The predicted molar refractivity (Wildman–Crippen MR) is 80.6 cm³/mol. The summed E-state index contributed by atoms with van der Waals surface area (Å²) in [7, 11) is 0. The number of carboxylic acid groups (broad SMARTS) is 1. The zero-order valence-electron chi connectivity index (χ0n) is 12.8. The average molecular weight is 293 g/mol. The largest absolute Gasteiger partial charge is 0.491 e. The second-order valence-corrected chi connectivity index (χ2v) is 5.20. The molecule has 5 nitrogen and oxygen atoms in total. The number of benzene rings is 1. The molecule has 1 atom stereocenters. The quantitative estimate of drug-likeness (QED) is 0.772. The standard InChI is InChI=1S/C16H23NO4/c1-4-5-9-14(16(19)20)17-15(18)12-7-6-8-13(10-12)21-11(2)3/h6-8,10-11,14H,4-5,9H2,1-3H3,(H,17,18)(H,19,20). The van der Waals surface area contributed by atoms with E-state index in [9.17, 15) is 9.59 Å². The van der Waals surface area contributed by atoms with Crippen molar-refractivity contribution in [2.75, 3.05) is 0 Å². The van der Waals surface area contributed by atoms with Gasteiger partial charge in [0, 0.05) is 5.56 Å². The summed E-state index contributed by atoms with van der Waals surface area (Å²) in [5.74, 6) is -0.808. The van der Waals surface area contributed by atoms with Gasteiger partial charge < -0.3 is 15.2 Å². The van der Waals surface area contributed by atoms with Gasteiger partial charge in [0.2, 0.25) is 0 Å². The highest BCUT2D eigenvalue weighted by Crippen LogP contribution is 2.15. The summed E-state index contributed by atoms with van der Waals surface area (Å²) in [5, 5.41) is 11.7. The third-order valence-corrected chi connectivity index (χ3v) is 2.92. The van der Waals surface area contributed by atoms with Crippen LogP contribution in [-0.2, 0) is 4.79 Å². The molecule has 0 heterocycles. The van der Waals surface area contributed by atoms with E-state index in [1.165, 1.54) is 0 Å². The number of carbonyl (C=O) groups is 2. The Morgan fingerprint density at radius 3 is 2.62 bits per heavy atom. The molecule has 1 aromatic rings. The first-order chi connectivity index (χ1) is 9.93. The molecule has 0 aromatic heterocycles. The molecule has 1 unspecified atom stereocenters. The monoisotopic (exact) mass is 293 g/mol. The molecular weight excluding hydrogens is 270 g/mol. The van der Waals surface area contributed by atoms with E-state index in [0.29, 0.717) is 17.7 Å². The van der Waals surface area contributed by atoms with Crippen molar-refractivity contribution in [3.63, 3.8) is 0 Å². The minimum atomic E-state index is -1.01. The third-order valence-electron chi connectivity index (χ3n) is 2.92. The van der Waals surface area contributed by atoms with Gasteiger partial charge in [-0.1, -0.05) is 25.8 Å². The van der Waals surface area contributed by atoms with E-state index in [-0.39, 0.29) is 6.10 Å². The summed E-state index contributed by atoms with van der Waals surface area (Å²) in [6.45, 7) is 5.78. The fourth-order valence-electron chi connectivity index (χ4n) is 1.89. The molecule has 0 aliphatic heterocycles. The summed E-state index contributed by atoms with van der Waals surface area (Å²) in [5.41, 5.74) is 0.399. The summed E-state index contributed by atoms with van der Waals surface area (Å²) in [6, 6.07) is 5.89. The summed E-state index contributed by atoms with van der Waals surface area (Å²) < 4.78 is 5.53. The van der Waals surface area contributed by atoms with Crippen LogP contribution >= 0.6 is 0 Å². The maximum atomic E-state index is 12.1. The highest BCUT2D eigenvalue weighted by molar-refractivity contribution is 5.96. The van der Waals surface area contributed by atoms with Gasteiger partial charge in [-0.3, -0.25) is 4.79 Å². The van der Waals surface area contributed by atoms with Crippen molar-refractivity contribution in [3.05, 3.63) is 29.8 Å². The Labute approximate surface area is 125 Å². The van der Waals surface area contributed by atoms with Crippen LogP contribution < -0.4 is 10.1 Å².